The molecule has 1 fully saturated rings. The van der Waals surface area contributed by atoms with E-state index in [0.717, 1.165) is 43.1 Å². The van der Waals surface area contributed by atoms with E-state index in [4.69, 9.17) is 0 Å². The Labute approximate surface area is 126 Å². The third-order valence-corrected chi connectivity index (χ3v) is 4.31. The van der Waals surface area contributed by atoms with Gasteiger partial charge in [-0.1, -0.05) is 0 Å². The number of hydrogen-bond donors (Lipinski definition) is 3. The van der Waals surface area contributed by atoms with E-state index in [1.165, 1.54) is 19.4 Å². The Balaban J connectivity index is 1.57. The number of anilines is 2. The number of fused-ring (bicyclic) bond motifs is 1. The summed E-state index contributed by atoms with van der Waals surface area (Å²) in [5.41, 5.74) is 2.83. The predicted octanol–water partition coefficient (Wildman–Crippen LogP) is 1.60. The topological polar surface area (TPSA) is 56.4 Å². The molecule has 1 amide bonds. The van der Waals surface area contributed by atoms with Gasteiger partial charge in [0.2, 0.25) is 0 Å². The van der Waals surface area contributed by atoms with Gasteiger partial charge in [-0.05, 0) is 50.6 Å². The van der Waals surface area contributed by atoms with Crippen LogP contribution in [0.15, 0.2) is 18.2 Å². The van der Waals surface area contributed by atoms with Crippen molar-refractivity contribution in [1.82, 2.24) is 10.2 Å². The summed E-state index contributed by atoms with van der Waals surface area (Å²) < 4.78 is 0. The molecule has 21 heavy (non-hydrogen) atoms. The highest BCUT2D eigenvalue weighted by Gasteiger charge is 2.18. The first kappa shape index (κ1) is 14.2. The van der Waals surface area contributed by atoms with E-state index >= 15 is 0 Å². The zero-order chi connectivity index (χ0) is 14.7. The van der Waals surface area contributed by atoms with Crippen LogP contribution in [0.25, 0.3) is 0 Å². The lowest BCUT2D eigenvalue weighted by Crippen LogP contribution is -2.39. The van der Waals surface area contributed by atoms with E-state index in [-0.39, 0.29) is 5.91 Å². The zero-order valence-electron chi connectivity index (χ0n) is 12.6. The van der Waals surface area contributed by atoms with Gasteiger partial charge in [-0.15, -0.1) is 0 Å². The Morgan fingerprint density at radius 2 is 2.14 bits per heavy atom. The predicted molar refractivity (Wildman–Crippen MR) is 86.0 cm³/mol. The molecule has 1 aromatic rings. The number of likely N-dealkylation sites (tertiary alicyclic amines) is 1. The molecule has 114 valence electrons. The lowest BCUT2D eigenvalue weighted by molar-refractivity contribution is 0.0937. The van der Waals surface area contributed by atoms with Crippen LogP contribution in [-0.4, -0.2) is 50.6 Å². The Morgan fingerprint density at radius 3 is 2.95 bits per heavy atom. The number of rotatable bonds is 3. The Morgan fingerprint density at radius 1 is 1.33 bits per heavy atom. The average Bonchev–Trinajstić information content (AvgIpc) is 2.52. The van der Waals surface area contributed by atoms with E-state index in [2.05, 4.69) is 27.9 Å². The molecular formula is C16H24N4O. The van der Waals surface area contributed by atoms with Crippen molar-refractivity contribution in [2.45, 2.75) is 12.8 Å². The summed E-state index contributed by atoms with van der Waals surface area (Å²) in [6, 6.07) is 5.80. The number of carbonyl (C=O) groups is 1. The van der Waals surface area contributed by atoms with Crippen LogP contribution in [0.2, 0.25) is 0 Å². The van der Waals surface area contributed by atoms with Crippen molar-refractivity contribution in [3.63, 3.8) is 0 Å². The van der Waals surface area contributed by atoms with E-state index in [1.54, 1.807) is 0 Å². The summed E-state index contributed by atoms with van der Waals surface area (Å²) in [6.07, 6.45) is 2.44. The molecule has 3 N–H and O–H groups in total. The largest absolute Gasteiger partial charge is 0.382 e. The highest BCUT2D eigenvalue weighted by Crippen LogP contribution is 2.25. The van der Waals surface area contributed by atoms with Crippen molar-refractivity contribution in [3.05, 3.63) is 23.8 Å². The third kappa shape index (κ3) is 3.47. The van der Waals surface area contributed by atoms with Gasteiger partial charge in [-0.3, -0.25) is 4.79 Å². The van der Waals surface area contributed by atoms with Crippen molar-refractivity contribution in [1.29, 1.82) is 0 Å². The molecule has 0 saturated carbocycles. The lowest BCUT2D eigenvalue weighted by atomic mass is 9.98. The number of amides is 1. The van der Waals surface area contributed by atoms with Gasteiger partial charge in [0.05, 0.1) is 11.4 Å². The second-order valence-electron chi connectivity index (χ2n) is 6.09. The van der Waals surface area contributed by atoms with Crippen molar-refractivity contribution >= 4 is 17.3 Å². The third-order valence-electron chi connectivity index (χ3n) is 4.31. The highest BCUT2D eigenvalue weighted by atomic mass is 16.1. The molecule has 3 rings (SSSR count). The van der Waals surface area contributed by atoms with Crippen LogP contribution >= 0.6 is 0 Å². The lowest BCUT2D eigenvalue weighted by Gasteiger charge is -2.29. The SMILES string of the molecule is CN1CCCC(CNC(=O)c2ccc3c(c2)NCCN3)C1. The second-order valence-corrected chi connectivity index (χ2v) is 6.09. The van der Waals surface area contributed by atoms with Crippen molar-refractivity contribution in [2.75, 3.05) is 50.4 Å². The monoisotopic (exact) mass is 288 g/mol. The van der Waals surface area contributed by atoms with E-state index < -0.39 is 0 Å². The van der Waals surface area contributed by atoms with Gasteiger partial charge in [0.25, 0.3) is 5.91 Å². The van der Waals surface area contributed by atoms with Gasteiger partial charge in [-0.25, -0.2) is 0 Å². The van der Waals surface area contributed by atoms with Crippen LogP contribution in [0.1, 0.15) is 23.2 Å². The molecule has 1 aromatic carbocycles. The number of nitrogens with one attached hydrogen (secondary N) is 3. The fraction of sp³-hybridized carbons (Fsp3) is 0.562. The maximum absolute atomic E-state index is 12.3. The molecule has 0 aliphatic carbocycles. The van der Waals surface area contributed by atoms with E-state index in [0.29, 0.717) is 5.92 Å². The smallest absolute Gasteiger partial charge is 0.251 e. The van der Waals surface area contributed by atoms with Gasteiger partial charge in [0.1, 0.15) is 0 Å². The molecule has 0 radical (unpaired) electrons. The standard InChI is InChI=1S/C16H24N4O/c1-20-8-2-3-12(11-20)10-19-16(21)13-4-5-14-15(9-13)18-7-6-17-14/h4-5,9,12,17-18H,2-3,6-8,10-11H2,1H3,(H,19,21). The molecule has 0 aromatic heterocycles. The first-order valence-corrected chi connectivity index (χ1v) is 7.81. The van der Waals surface area contributed by atoms with Gasteiger partial charge in [0.15, 0.2) is 0 Å². The van der Waals surface area contributed by atoms with Crippen molar-refractivity contribution < 1.29 is 4.79 Å². The molecule has 1 unspecified atom stereocenters. The summed E-state index contributed by atoms with van der Waals surface area (Å²) >= 11 is 0. The summed E-state index contributed by atoms with van der Waals surface area (Å²) in [5, 5.41) is 9.72. The van der Waals surface area contributed by atoms with Crippen LogP contribution < -0.4 is 16.0 Å². The first-order chi connectivity index (χ1) is 10.2. The summed E-state index contributed by atoms with van der Waals surface area (Å²) in [6.45, 7) is 4.84. The molecule has 1 saturated heterocycles. The van der Waals surface area contributed by atoms with E-state index in [1.807, 2.05) is 18.2 Å². The van der Waals surface area contributed by atoms with Crippen LogP contribution in [0, 0.1) is 5.92 Å². The van der Waals surface area contributed by atoms with Crippen molar-refractivity contribution in [2.24, 2.45) is 5.92 Å². The molecule has 2 aliphatic rings. The first-order valence-electron chi connectivity index (χ1n) is 7.81. The van der Waals surface area contributed by atoms with Crippen LogP contribution in [0.4, 0.5) is 11.4 Å². The molecule has 1 atom stereocenters. The highest BCUT2D eigenvalue weighted by molar-refractivity contribution is 5.96. The molecule has 2 aliphatic heterocycles. The number of hydrogen-bond acceptors (Lipinski definition) is 4. The van der Waals surface area contributed by atoms with Crippen molar-refractivity contribution in [3.8, 4) is 0 Å². The number of benzene rings is 1. The Bertz CT molecular complexity index is 517. The summed E-state index contributed by atoms with van der Waals surface area (Å²) in [7, 11) is 2.15. The molecular weight excluding hydrogens is 264 g/mol. The number of nitrogens with zero attached hydrogens (tertiary/aromatic N) is 1. The molecule has 0 bridgehead atoms. The number of piperidine rings is 1. The maximum atomic E-state index is 12.3. The normalized spacial score (nSPS) is 21.9. The van der Waals surface area contributed by atoms with Gasteiger partial charge >= 0.3 is 0 Å². The average molecular weight is 288 g/mol. The number of carbonyl (C=O) groups excluding carboxylic acids is 1. The fourth-order valence-corrected chi connectivity index (χ4v) is 3.16. The fourth-order valence-electron chi connectivity index (χ4n) is 3.16. The summed E-state index contributed by atoms with van der Waals surface area (Å²) in [4.78, 5) is 14.6. The van der Waals surface area contributed by atoms with Crippen LogP contribution in [-0.2, 0) is 0 Å². The Hall–Kier alpha value is -1.75. The second kappa shape index (κ2) is 6.35. The quantitative estimate of drug-likeness (QED) is 0.791. The van der Waals surface area contributed by atoms with Gasteiger partial charge in [0, 0.05) is 31.7 Å². The zero-order valence-corrected chi connectivity index (χ0v) is 12.6. The molecule has 5 nitrogen and oxygen atoms in total. The van der Waals surface area contributed by atoms with Crippen LogP contribution in [0.3, 0.4) is 0 Å². The minimum atomic E-state index is 0.0263. The molecule has 5 heteroatoms. The van der Waals surface area contributed by atoms with Crippen LogP contribution in [0.5, 0.6) is 0 Å². The van der Waals surface area contributed by atoms with Gasteiger partial charge in [-0.2, -0.15) is 0 Å². The maximum Gasteiger partial charge on any atom is 0.251 e. The molecule has 2 heterocycles. The van der Waals surface area contributed by atoms with E-state index in [9.17, 15) is 4.79 Å². The van der Waals surface area contributed by atoms with Gasteiger partial charge < -0.3 is 20.9 Å². The Kier molecular flexibility index (Phi) is 4.29. The summed E-state index contributed by atoms with van der Waals surface area (Å²) in [5.74, 6) is 0.600. The molecule has 0 spiro atoms. The minimum Gasteiger partial charge on any atom is -0.382 e. The minimum absolute atomic E-state index is 0.0263.